The van der Waals surface area contributed by atoms with Gasteiger partial charge in [-0.15, -0.1) is 0 Å². The largest absolute Gasteiger partial charge is 0.492 e. The number of hydrogen-bond donors (Lipinski definition) is 0. The highest BCUT2D eigenvalue weighted by atomic mass is 16.5. The smallest absolute Gasteiger partial charge is 0.137 e. The summed E-state index contributed by atoms with van der Waals surface area (Å²) in [5, 5.41) is 0. The van der Waals surface area contributed by atoms with Crippen LogP contribution < -0.4 is 4.74 Å². The van der Waals surface area contributed by atoms with Crippen LogP contribution in [0.15, 0.2) is 18.3 Å². The van der Waals surface area contributed by atoms with Crippen molar-refractivity contribution in [3.63, 3.8) is 0 Å². The van der Waals surface area contributed by atoms with E-state index >= 15 is 0 Å². The lowest BCUT2D eigenvalue weighted by molar-refractivity contribution is -0.0183. The Balaban J connectivity index is 2.14. The molecule has 0 fully saturated rings. The van der Waals surface area contributed by atoms with E-state index in [9.17, 15) is 0 Å². The zero-order valence-electron chi connectivity index (χ0n) is 14.3. The maximum atomic E-state index is 5.73. The quantitative estimate of drug-likeness (QED) is 0.622. The Labute approximate surface area is 130 Å². The molecule has 1 rings (SSSR count). The fraction of sp³-hybridized carbons (Fsp3) is 0.722. The Kier molecular flexibility index (Phi) is 7.73. The van der Waals surface area contributed by atoms with Crippen molar-refractivity contribution in [1.29, 1.82) is 0 Å². The van der Waals surface area contributed by atoms with Crippen molar-refractivity contribution < 1.29 is 9.47 Å². The van der Waals surface area contributed by atoms with Gasteiger partial charge in [0.25, 0.3) is 0 Å². The van der Waals surface area contributed by atoms with Gasteiger partial charge in [-0.1, -0.05) is 19.8 Å². The zero-order valence-corrected chi connectivity index (χ0v) is 14.3. The SMILES string of the molecule is CCOC(C)(C)CCCC(C)CCOc1ccc(C)nc1. The van der Waals surface area contributed by atoms with Gasteiger partial charge in [-0.3, -0.25) is 4.98 Å². The molecule has 0 amide bonds. The van der Waals surface area contributed by atoms with E-state index in [0.717, 1.165) is 37.5 Å². The number of aromatic nitrogens is 1. The molecule has 1 aromatic rings. The van der Waals surface area contributed by atoms with Crippen LogP contribution >= 0.6 is 0 Å². The van der Waals surface area contributed by atoms with Gasteiger partial charge in [-0.25, -0.2) is 0 Å². The molecule has 0 saturated carbocycles. The Morgan fingerprint density at radius 2 is 2.00 bits per heavy atom. The van der Waals surface area contributed by atoms with Crippen molar-refractivity contribution in [2.45, 2.75) is 65.9 Å². The van der Waals surface area contributed by atoms with Crippen molar-refractivity contribution in [1.82, 2.24) is 4.98 Å². The molecule has 0 radical (unpaired) electrons. The molecule has 3 nitrogen and oxygen atoms in total. The van der Waals surface area contributed by atoms with Crippen molar-refractivity contribution in [3.05, 3.63) is 24.0 Å². The third-order valence-electron chi connectivity index (χ3n) is 3.77. The summed E-state index contributed by atoms with van der Waals surface area (Å²) in [6, 6.07) is 3.96. The van der Waals surface area contributed by atoms with Gasteiger partial charge >= 0.3 is 0 Å². The summed E-state index contributed by atoms with van der Waals surface area (Å²) in [5.41, 5.74) is 1.03. The topological polar surface area (TPSA) is 31.4 Å². The minimum absolute atomic E-state index is 0.0124. The van der Waals surface area contributed by atoms with Gasteiger partial charge in [0, 0.05) is 12.3 Å². The molecule has 0 saturated heterocycles. The standard InChI is InChI=1S/C18H31NO2/c1-6-21-18(4,5)12-7-8-15(2)11-13-20-17-10-9-16(3)19-14-17/h9-10,14-15H,6-8,11-13H2,1-5H3. The summed E-state index contributed by atoms with van der Waals surface area (Å²) in [7, 11) is 0. The highest BCUT2D eigenvalue weighted by Crippen LogP contribution is 2.21. The van der Waals surface area contributed by atoms with E-state index in [1.807, 2.05) is 19.1 Å². The molecule has 1 unspecified atom stereocenters. The van der Waals surface area contributed by atoms with Crippen LogP contribution in [0.5, 0.6) is 5.75 Å². The number of aryl methyl sites for hydroxylation is 1. The lowest BCUT2D eigenvalue weighted by atomic mass is 9.95. The molecule has 3 heteroatoms. The van der Waals surface area contributed by atoms with E-state index in [4.69, 9.17) is 9.47 Å². The Bertz CT molecular complexity index is 387. The van der Waals surface area contributed by atoms with E-state index in [1.165, 1.54) is 12.8 Å². The van der Waals surface area contributed by atoms with Crippen LogP contribution in [-0.2, 0) is 4.74 Å². The van der Waals surface area contributed by atoms with Gasteiger partial charge in [0.2, 0.25) is 0 Å². The normalized spacial score (nSPS) is 13.2. The first-order valence-electron chi connectivity index (χ1n) is 8.12. The first-order valence-corrected chi connectivity index (χ1v) is 8.12. The first kappa shape index (κ1) is 18.0. The average molecular weight is 293 g/mol. The molecule has 21 heavy (non-hydrogen) atoms. The molecule has 1 heterocycles. The van der Waals surface area contributed by atoms with Gasteiger partial charge in [0.1, 0.15) is 5.75 Å². The molecule has 1 aromatic heterocycles. The third-order valence-corrected chi connectivity index (χ3v) is 3.77. The fourth-order valence-corrected chi connectivity index (χ4v) is 2.40. The van der Waals surface area contributed by atoms with Crippen LogP contribution in [0.2, 0.25) is 0 Å². The lowest BCUT2D eigenvalue weighted by Crippen LogP contribution is -2.24. The van der Waals surface area contributed by atoms with E-state index in [0.29, 0.717) is 5.92 Å². The Hall–Kier alpha value is -1.09. The highest BCUT2D eigenvalue weighted by molar-refractivity contribution is 5.18. The van der Waals surface area contributed by atoms with Crippen LogP contribution in [0.1, 0.15) is 59.1 Å². The fourth-order valence-electron chi connectivity index (χ4n) is 2.40. The molecular weight excluding hydrogens is 262 g/mol. The molecule has 0 bridgehead atoms. The molecule has 0 aliphatic rings. The maximum Gasteiger partial charge on any atom is 0.137 e. The summed E-state index contributed by atoms with van der Waals surface area (Å²) in [6.07, 6.45) is 6.44. The second-order valence-corrected chi connectivity index (χ2v) is 6.46. The summed E-state index contributed by atoms with van der Waals surface area (Å²) >= 11 is 0. The lowest BCUT2D eigenvalue weighted by Gasteiger charge is -2.25. The van der Waals surface area contributed by atoms with Crippen molar-refractivity contribution in [3.8, 4) is 5.75 Å². The molecule has 1 atom stereocenters. The third kappa shape index (κ3) is 8.05. The monoisotopic (exact) mass is 293 g/mol. The van der Waals surface area contributed by atoms with Gasteiger partial charge < -0.3 is 9.47 Å². The minimum atomic E-state index is 0.0124. The van der Waals surface area contributed by atoms with Crippen molar-refractivity contribution >= 4 is 0 Å². The molecule has 0 spiro atoms. The van der Waals surface area contributed by atoms with Crippen molar-refractivity contribution in [2.75, 3.05) is 13.2 Å². The number of nitrogens with zero attached hydrogens (tertiary/aromatic N) is 1. The Morgan fingerprint density at radius 1 is 1.24 bits per heavy atom. The van der Waals surface area contributed by atoms with E-state index in [2.05, 4.69) is 32.7 Å². The minimum Gasteiger partial charge on any atom is -0.492 e. The molecule has 0 aromatic carbocycles. The van der Waals surface area contributed by atoms with Gasteiger partial charge in [-0.05, 0) is 58.6 Å². The molecule has 0 aliphatic carbocycles. The van der Waals surface area contributed by atoms with Crippen molar-refractivity contribution in [2.24, 2.45) is 5.92 Å². The van der Waals surface area contributed by atoms with Gasteiger partial charge in [0.15, 0.2) is 0 Å². The summed E-state index contributed by atoms with van der Waals surface area (Å²) in [5.74, 6) is 1.55. The second-order valence-electron chi connectivity index (χ2n) is 6.46. The summed E-state index contributed by atoms with van der Waals surface area (Å²) in [6.45, 7) is 12.2. The van der Waals surface area contributed by atoms with E-state index in [-0.39, 0.29) is 5.60 Å². The summed E-state index contributed by atoms with van der Waals surface area (Å²) < 4.78 is 11.5. The zero-order chi connectivity index (χ0) is 15.7. The van der Waals surface area contributed by atoms with E-state index < -0.39 is 0 Å². The number of ether oxygens (including phenoxy) is 2. The molecule has 120 valence electrons. The molecular formula is C18H31NO2. The van der Waals surface area contributed by atoms with Crippen LogP contribution in [0.3, 0.4) is 0 Å². The second kappa shape index (κ2) is 9.04. The predicted molar refractivity (Wildman–Crippen MR) is 87.8 cm³/mol. The Morgan fingerprint density at radius 3 is 2.62 bits per heavy atom. The van der Waals surface area contributed by atoms with Crippen LogP contribution in [0, 0.1) is 12.8 Å². The van der Waals surface area contributed by atoms with Crippen LogP contribution in [0.4, 0.5) is 0 Å². The predicted octanol–water partition coefficient (Wildman–Crippen LogP) is 4.78. The molecule has 0 N–H and O–H groups in total. The average Bonchev–Trinajstić information content (AvgIpc) is 2.40. The number of rotatable bonds is 10. The number of pyridine rings is 1. The van der Waals surface area contributed by atoms with Crippen LogP contribution in [0.25, 0.3) is 0 Å². The molecule has 0 aliphatic heterocycles. The first-order chi connectivity index (χ1) is 9.93. The van der Waals surface area contributed by atoms with Crippen LogP contribution in [-0.4, -0.2) is 23.8 Å². The van der Waals surface area contributed by atoms with Gasteiger partial charge in [-0.2, -0.15) is 0 Å². The highest BCUT2D eigenvalue weighted by Gasteiger charge is 2.17. The summed E-state index contributed by atoms with van der Waals surface area (Å²) in [4.78, 5) is 4.23. The maximum absolute atomic E-state index is 5.73. The van der Waals surface area contributed by atoms with E-state index in [1.54, 1.807) is 6.20 Å². The number of hydrogen-bond acceptors (Lipinski definition) is 3. The van der Waals surface area contributed by atoms with Gasteiger partial charge in [0.05, 0.1) is 18.4 Å².